The monoisotopic (exact) mass is 609 g/mol. The summed E-state index contributed by atoms with van der Waals surface area (Å²) in [4.78, 5) is 33.0. The van der Waals surface area contributed by atoms with Crippen LogP contribution in [-0.2, 0) is 37.4 Å². The number of primary amides is 1. The van der Waals surface area contributed by atoms with Gasteiger partial charge < -0.3 is 26.7 Å². The van der Waals surface area contributed by atoms with Crippen LogP contribution in [0.2, 0.25) is 0 Å². The summed E-state index contributed by atoms with van der Waals surface area (Å²) in [5.74, 6) is 1.69. The van der Waals surface area contributed by atoms with E-state index in [1.54, 1.807) is 66.7 Å². The zero-order valence-corrected chi connectivity index (χ0v) is 22.4. The molecule has 0 heterocycles. The molecule has 42 heavy (non-hydrogen) atoms. The van der Waals surface area contributed by atoms with E-state index in [1.165, 1.54) is 12.3 Å². The summed E-state index contributed by atoms with van der Waals surface area (Å²) in [5, 5.41) is 18.4. The van der Waals surface area contributed by atoms with Crippen molar-refractivity contribution < 1.29 is 45.8 Å². The van der Waals surface area contributed by atoms with E-state index in [0.717, 1.165) is 11.1 Å². The highest BCUT2D eigenvalue weighted by molar-refractivity contribution is 7.89. The summed E-state index contributed by atoms with van der Waals surface area (Å²) < 4.78 is 60.6. The third kappa shape index (κ3) is 10.5. The highest BCUT2D eigenvalue weighted by Gasteiger charge is 2.38. The van der Waals surface area contributed by atoms with Crippen LogP contribution < -0.4 is 22.0 Å². The summed E-state index contributed by atoms with van der Waals surface area (Å²) >= 11 is 0. The first-order chi connectivity index (χ1) is 19.6. The van der Waals surface area contributed by atoms with Crippen molar-refractivity contribution in [1.29, 1.82) is 0 Å². The minimum atomic E-state index is -5.08. The molecule has 1 atom stereocenters. The second-order valence-electron chi connectivity index (χ2n) is 8.44. The number of alkyl halides is 3. The number of nitrogens with two attached hydrogens (primary N) is 3. The van der Waals surface area contributed by atoms with E-state index in [0.29, 0.717) is 16.7 Å². The fourth-order valence-electron chi connectivity index (χ4n) is 3.41. The predicted octanol–water partition coefficient (Wildman–Crippen LogP) is 2.25. The van der Waals surface area contributed by atoms with Gasteiger partial charge in [-0.25, -0.2) is 23.1 Å². The number of ether oxygens (including phenoxy) is 1. The van der Waals surface area contributed by atoms with Gasteiger partial charge in [-0.1, -0.05) is 66.7 Å². The number of aliphatic carboxylic acids is 1. The zero-order valence-electron chi connectivity index (χ0n) is 21.6. The van der Waals surface area contributed by atoms with Crippen LogP contribution in [-0.4, -0.2) is 49.9 Å². The van der Waals surface area contributed by atoms with Gasteiger partial charge in [-0.3, -0.25) is 4.79 Å². The fraction of sp³-hybridized carbons (Fsp3) is 0.154. The molecule has 2 amide bonds. The zero-order chi connectivity index (χ0) is 31.5. The lowest BCUT2D eigenvalue weighted by Crippen LogP contribution is -2.46. The molecule has 0 radical (unpaired) electrons. The Morgan fingerprint density at radius 3 is 2.17 bits per heavy atom. The van der Waals surface area contributed by atoms with Crippen LogP contribution in [0.1, 0.15) is 16.7 Å². The van der Waals surface area contributed by atoms with Crippen molar-refractivity contribution in [2.75, 3.05) is 0 Å². The molecule has 12 nitrogen and oxygen atoms in total. The van der Waals surface area contributed by atoms with Crippen LogP contribution in [0.15, 0.2) is 82.8 Å². The third-order valence-electron chi connectivity index (χ3n) is 5.32. The van der Waals surface area contributed by atoms with Gasteiger partial charge in [-0.2, -0.15) is 18.3 Å². The number of amides is 2. The molecule has 0 aliphatic carbocycles. The number of carboxylic acids is 1. The largest absolute Gasteiger partial charge is 0.490 e. The fourth-order valence-corrected chi connectivity index (χ4v) is 4.17. The first-order valence-electron chi connectivity index (χ1n) is 11.7. The number of primary sulfonamides is 1. The van der Waals surface area contributed by atoms with E-state index in [4.69, 9.17) is 31.4 Å². The van der Waals surface area contributed by atoms with Gasteiger partial charge in [0.1, 0.15) is 12.6 Å². The Balaban J connectivity index is 0.000000782. The number of alkyl carbamates (subject to hydrolysis) is 1. The lowest BCUT2D eigenvalue weighted by atomic mass is 10.0. The van der Waals surface area contributed by atoms with E-state index < -0.39 is 40.2 Å². The molecule has 0 aromatic heterocycles. The van der Waals surface area contributed by atoms with Gasteiger partial charge in [-0.05, 0) is 28.3 Å². The van der Waals surface area contributed by atoms with Crippen molar-refractivity contribution in [1.82, 2.24) is 5.32 Å². The molecule has 1 unspecified atom stereocenters. The molecule has 224 valence electrons. The minimum absolute atomic E-state index is 0.0155. The standard InChI is InChI=1S/C24H25N5O5S.C2HF3O2/c25-23(30)21(13-17-4-3-5-18(12-17)14-28-26)29-24(31)34-15-16-8-10-19(11-9-16)20-6-1-2-7-22(20)35(27,32)33;3-2(4,5)1(6)7/h1-12,14,21H,13,15,26H2,(H2,25,30)(H,29,31)(H2,27,32,33);(H,6,7)/b28-14-;. The smallest absolute Gasteiger partial charge is 0.475 e. The molecular weight excluding hydrogens is 583 g/mol. The summed E-state index contributed by atoms with van der Waals surface area (Å²) in [6.07, 6.45) is -4.27. The lowest BCUT2D eigenvalue weighted by Gasteiger charge is -2.16. The molecule has 0 saturated heterocycles. The number of rotatable bonds is 9. The Labute approximate surface area is 238 Å². The number of carboxylic acid groups (broad SMARTS) is 1. The van der Waals surface area contributed by atoms with E-state index in [9.17, 15) is 31.2 Å². The van der Waals surface area contributed by atoms with Crippen LogP contribution in [0.3, 0.4) is 0 Å². The molecule has 0 aliphatic heterocycles. The summed E-state index contributed by atoms with van der Waals surface area (Å²) in [6, 6.07) is 19.3. The molecule has 3 aromatic carbocycles. The van der Waals surface area contributed by atoms with Crippen LogP contribution in [0.5, 0.6) is 0 Å². The first-order valence-corrected chi connectivity index (χ1v) is 13.2. The van der Waals surface area contributed by atoms with Crippen LogP contribution in [0, 0.1) is 0 Å². The van der Waals surface area contributed by atoms with Gasteiger partial charge in [0.25, 0.3) is 0 Å². The normalized spacial score (nSPS) is 12.1. The molecule has 0 fully saturated rings. The molecule has 0 aliphatic rings. The molecule has 3 aromatic rings. The maximum Gasteiger partial charge on any atom is 0.490 e. The number of benzene rings is 3. The number of halogens is 3. The van der Waals surface area contributed by atoms with Gasteiger partial charge in [0, 0.05) is 12.0 Å². The molecule has 16 heteroatoms. The highest BCUT2D eigenvalue weighted by atomic mass is 32.2. The molecule has 0 bridgehead atoms. The lowest BCUT2D eigenvalue weighted by molar-refractivity contribution is -0.192. The second-order valence-corrected chi connectivity index (χ2v) is 9.97. The quantitative estimate of drug-likeness (QED) is 0.137. The summed E-state index contributed by atoms with van der Waals surface area (Å²) in [6.45, 7) is -0.0725. The van der Waals surface area contributed by atoms with Crippen LogP contribution in [0.4, 0.5) is 18.0 Å². The Morgan fingerprint density at radius 1 is 1.00 bits per heavy atom. The van der Waals surface area contributed by atoms with Gasteiger partial charge >= 0.3 is 18.2 Å². The molecule has 3 rings (SSSR count). The average Bonchev–Trinajstić information content (AvgIpc) is 2.91. The number of carbonyl (C=O) groups is 3. The topological polar surface area (TPSA) is 217 Å². The minimum Gasteiger partial charge on any atom is -0.475 e. The summed E-state index contributed by atoms with van der Waals surface area (Å²) in [7, 11) is -3.89. The average molecular weight is 610 g/mol. The van der Waals surface area contributed by atoms with Crippen molar-refractivity contribution in [3.8, 4) is 11.1 Å². The molecule has 0 saturated carbocycles. The molecule has 8 N–H and O–H groups in total. The van der Waals surface area contributed by atoms with E-state index in [-0.39, 0.29) is 17.9 Å². The number of hydrazone groups is 1. The second kappa shape index (κ2) is 14.6. The number of hydrogen-bond donors (Lipinski definition) is 5. The van der Waals surface area contributed by atoms with Crippen LogP contribution >= 0.6 is 0 Å². The molecular formula is C26H26F3N5O7S. The maximum absolute atomic E-state index is 12.3. The number of sulfonamides is 1. The Hall–Kier alpha value is -4.96. The molecule has 0 spiro atoms. The van der Waals surface area contributed by atoms with Crippen molar-refractivity contribution in [3.63, 3.8) is 0 Å². The first kappa shape index (κ1) is 33.2. The maximum atomic E-state index is 12.3. The number of nitrogens with one attached hydrogen (secondary N) is 1. The van der Waals surface area contributed by atoms with E-state index in [2.05, 4.69) is 10.4 Å². The number of carbonyl (C=O) groups excluding carboxylic acids is 2. The van der Waals surface area contributed by atoms with Crippen molar-refractivity contribution in [2.45, 2.75) is 30.1 Å². The SMILES string of the molecule is N/N=C\c1cccc(CC(NC(=O)OCc2ccc(-c3ccccc3S(N)(=O)=O)cc2)C(N)=O)c1.O=C(O)C(F)(F)F. The van der Waals surface area contributed by atoms with E-state index >= 15 is 0 Å². The Morgan fingerprint density at radius 2 is 1.62 bits per heavy atom. The van der Waals surface area contributed by atoms with Crippen molar-refractivity contribution >= 4 is 34.2 Å². The van der Waals surface area contributed by atoms with Crippen molar-refractivity contribution in [2.24, 2.45) is 21.8 Å². The number of nitrogens with zero attached hydrogens (tertiary/aromatic N) is 1. The van der Waals surface area contributed by atoms with Gasteiger partial charge in [-0.15, -0.1) is 0 Å². The van der Waals surface area contributed by atoms with Gasteiger partial charge in [0.05, 0.1) is 11.1 Å². The Kier molecular flexibility index (Phi) is 11.6. The Bertz CT molecular complexity index is 1550. The van der Waals surface area contributed by atoms with Gasteiger partial charge in [0.2, 0.25) is 15.9 Å². The summed E-state index contributed by atoms with van der Waals surface area (Å²) in [5.41, 5.74) is 8.69. The third-order valence-corrected chi connectivity index (χ3v) is 6.29. The van der Waals surface area contributed by atoms with E-state index in [1.807, 2.05) is 0 Å². The van der Waals surface area contributed by atoms with Crippen molar-refractivity contribution in [3.05, 3.63) is 89.5 Å². The van der Waals surface area contributed by atoms with Crippen LogP contribution in [0.25, 0.3) is 11.1 Å². The number of hydrogen-bond acceptors (Lipinski definition) is 8. The predicted molar refractivity (Wildman–Crippen MR) is 145 cm³/mol. The highest BCUT2D eigenvalue weighted by Crippen LogP contribution is 2.26. The van der Waals surface area contributed by atoms with Gasteiger partial charge in [0.15, 0.2) is 0 Å².